The van der Waals surface area contributed by atoms with Crippen molar-refractivity contribution in [2.45, 2.75) is 32.9 Å². The standard InChI is InChI=1S/C23H26N7O2/c1-15-11-21(25-14-24-15)29-8-7-19-20(12-29)26-22(17-3-5-18(28-31)6-4-17)27-23(19)30-9-10-32-13-16(30)2/h3-6,11,14,16,28H,7-10,12-13H2,1-2H3/q-1/t16-/m0/s1. The second kappa shape index (κ2) is 8.68. The molecule has 0 saturated carbocycles. The quantitative estimate of drug-likeness (QED) is 0.623. The summed E-state index contributed by atoms with van der Waals surface area (Å²) in [6, 6.07) is 9.50. The molecule has 5 rings (SSSR count). The van der Waals surface area contributed by atoms with E-state index in [0.29, 0.717) is 31.3 Å². The average Bonchev–Trinajstić information content (AvgIpc) is 2.83. The molecule has 1 atom stereocenters. The number of morpholine rings is 1. The molecule has 0 radical (unpaired) electrons. The first-order valence-corrected chi connectivity index (χ1v) is 10.9. The molecule has 2 aliphatic heterocycles. The van der Waals surface area contributed by atoms with Crippen LogP contribution >= 0.6 is 0 Å². The van der Waals surface area contributed by atoms with Crippen molar-refractivity contribution >= 4 is 17.3 Å². The Morgan fingerprint density at radius 3 is 2.72 bits per heavy atom. The van der Waals surface area contributed by atoms with Crippen LogP contribution in [0.25, 0.3) is 11.4 Å². The summed E-state index contributed by atoms with van der Waals surface area (Å²) in [5, 5.41) is 10.9. The summed E-state index contributed by atoms with van der Waals surface area (Å²) in [5.74, 6) is 2.57. The third-order valence-electron chi connectivity index (χ3n) is 6.06. The predicted molar refractivity (Wildman–Crippen MR) is 124 cm³/mol. The van der Waals surface area contributed by atoms with Crippen LogP contribution in [0.2, 0.25) is 0 Å². The van der Waals surface area contributed by atoms with Gasteiger partial charge in [0.05, 0.1) is 31.5 Å². The van der Waals surface area contributed by atoms with Gasteiger partial charge in [0, 0.05) is 41.7 Å². The fraction of sp³-hybridized carbons (Fsp3) is 0.391. The minimum atomic E-state index is 0.241. The molecule has 2 aliphatic rings. The van der Waals surface area contributed by atoms with Crippen LogP contribution in [-0.4, -0.2) is 52.3 Å². The number of anilines is 3. The van der Waals surface area contributed by atoms with Crippen LogP contribution in [0, 0.1) is 12.1 Å². The lowest BCUT2D eigenvalue weighted by Crippen LogP contribution is -2.45. The number of nitrogens with zero attached hydrogens (tertiary/aromatic N) is 6. The molecule has 0 unspecified atom stereocenters. The second-order valence-electron chi connectivity index (χ2n) is 8.28. The van der Waals surface area contributed by atoms with Crippen molar-refractivity contribution in [3.05, 3.63) is 58.8 Å². The first-order chi connectivity index (χ1) is 15.6. The van der Waals surface area contributed by atoms with Gasteiger partial charge in [-0.2, -0.15) is 0 Å². The second-order valence-corrected chi connectivity index (χ2v) is 8.28. The molecule has 1 aromatic carbocycles. The highest BCUT2D eigenvalue weighted by Crippen LogP contribution is 2.32. The van der Waals surface area contributed by atoms with Gasteiger partial charge in [0.25, 0.3) is 0 Å². The maximum absolute atomic E-state index is 10.9. The molecule has 32 heavy (non-hydrogen) atoms. The molecule has 4 heterocycles. The van der Waals surface area contributed by atoms with E-state index in [1.165, 1.54) is 5.56 Å². The van der Waals surface area contributed by atoms with Crippen LogP contribution in [0.1, 0.15) is 23.9 Å². The SMILES string of the molecule is Cc1cc(N2CCc3c(nc(-c4ccc(N[O-])cc4)nc3N3CCOC[C@@H]3C)C2)ncn1. The summed E-state index contributed by atoms with van der Waals surface area (Å²) >= 11 is 0. The minimum Gasteiger partial charge on any atom is -0.761 e. The highest BCUT2D eigenvalue weighted by atomic mass is 16.5. The van der Waals surface area contributed by atoms with Gasteiger partial charge in [-0.3, -0.25) is 0 Å². The van der Waals surface area contributed by atoms with Gasteiger partial charge in [0.1, 0.15) is 18.0 Å². The summed E-state index contributed by atoms with van der Waals surface area (Å²) in [6.45, 7) is 7.83. The van der Waals surface area contributed by atoms with Gasteiger partial charge in [-0.15, -0.1) is 0 Å². The van der Waals surface area contributed by atoms with Crippen LogP contribution in [0.3, 0.4) is 0 Å². The Labute approximate surface area is 187 Å². The first-order valence-electron chi connectivity index (χ1n) is 10.9. The lowest BCUT2D eigenvalue weighted by molar-refractivity contribution is 0.0984. The van der Waals surface area contributed by atoms with Gasteiger partial charge in [-0.1, -0.05) is 0 Å². The molecule has 166 valence electrons. The van der Waals surface area contributed by atoms with Gasteiger partial charge < -0.3 is 25.2 Å². The molecule has 1 saturated heterocycles. The van der Waals surface area contributed by atoms with E-state index in [-0.39, 0.29) is 6.04 Å². The van der Waals surface area contributed by atoms with E-state index in [1.54, 1.807) is 18.5 Å². The van der Waals surface area contributed by atoms with Gasteiger partial charge in [-0.25, -0.2) is 19.9 Å². The molecule has 9 heteroatoms. The first kappa shape index (κ1) is 20.6. The van der Waals surface area contributed by atoms with Gasteiger partial charge in [0.15, 0.2) is 5.82 Å². The molecule has 2 aromatic heterocycles. The number of hydrogen-bond donors (Lipinski definition) is 1. The minimum absolute atomic E-state index is 0.241. The zero-order valence-corrected chi connectivity index (χ0v) is 18.3. The number of fused-ring (bicyclic) bond motifs is 1. The maximum atomic E-state index is 10.9. The Balaban J connectivity index is 1.57. The molecular weight excluding hydrogens is 406 g/mol. The molecule has 1 fully saturated rings. The van der Waals surface area contributed by atoms with E-state index in [4.69, 9.17) is 14.7 Å². The van der Waals surface area contributed by atoms with Crippen LogP contribution < -0.4 is 15.3 Å². The fourth-order valence-corrected chi connectivity index (χ4v) is 4.32. The van der Waals surface area contributed by atoms with Gasteiger partial charge in [0.2, 0.25) is 0 Å². The van der Waals surface area contributed by atoms with Crippen molar-refractivity contribution in [3.8, 4) is 11.4 Å². The third-order valence-corrected chi connectivity index (χ3v) is 6.06. The fourth-order valence-electron chi connectivity index (χ4n) is 4.32. The van der Waals surface area contributed by atoms with Crippen LogP contribution in [0.4, 0.5) is 17.3 Å². The molecule has 3 aromatic rings. The van der Waals surface area contributed by atoms with E-state index < -0.39 is 0 Å². The molecule has 0 amide bonds. The molecule has 0 bridgehead atoms. The normalized spacial score (nSPS) is 18.4. The lowest BCUT2D eigenvalue weighted by atomic mass is 10.0. The Morgan fingerprint density at radius 2 is 1.97 bits per heavy atom. The summed E-state index contributed by atoms with van der Waals surface area (Å²) in [6.07, 6.45) is 2.45. The number of rotatable bonds is 4. The molecular formula is C23H26N7O2-. The number of aryl methyl sites for hydroxylation is 1. The number of nitrogens with one attached hydrogen (secondary N) is 1. The van der Waals surface area contributed by atoms with E-state index in [9.17, 15) is 5.21 Å². The number of ether oxygens (including phenoxy) is 1. The highest BCUT2D eigenvalue weighted by Gasteiger charge is 2.29. The van der Waals surface area contributed by atoms with Crippen LogP contribution in [-0.2, 0) is 17.7 Å². The topological polar surface area (TPSA) is 102 Å². The molecule has 0 spiro atoms. The van der Waals surface area contributed by atoms with E-state index in [0.717, 1.165) is 48.1 Å². The van der Waals surface area contributed by atoms with Crippen LogP contribution in [0.5, 0.6) is 0 Å². The van der Waals surface area contributed by atoms with Crippen molar-refractivity contribution in [3.63, 3.8) is 0 Å². The summed E-state index contributed by atoms with van der Waals surface area (Å²) in [7, 11) is 0. The number of benzene rings is 1. The lowest BCUT2D eigenvalue weighted by Gasteiger charge is -2.38. The van der Waals surface area contributed by atoms with Crippen molar-refractivity contribution in [2.75, 3.05) is 41.6 Å². The van der Waals surface area contributed by atoms with Crippen molar-refractivity contribution < 1.29 is 4.74 Å². The maximum Gasteiger partial charge on any atom is 0.161 e. The Bertz CT molecular complexity index is 1110. The van der Waals surface area contributed by atoms with Crippen molar-refractivity contribution in [1.29, 1.82) is 0 Å². The van der Waals surface area contributed by atoms with Crippen LogP contribution in [0.15, 0.2) is 36.7 Å². The zero-order chi connectivity index (χ0) is 22.1. The van der Waals surface area contributed by atoms with Gasteiger partial charge >= 0.3 is 0 Å². The number of aromatic nitrogens is 4. The summed E-state index contributed by atoms with van der Waals surface area (Å²) < 4.78 is 5.66. The monoisotopic (exact) mass is 432 g/mol. The summed E-state index contributed by atoms with van der Waals surface area (Å²) in [5.41, 5.74) is 6.46. The van der Waals surface area contributed by atoms with Crippen molar-refractivity contribution in [2.24, 2.45) is 0 Å². The van der Waals surface area contributed by atoms with Crippen molar-refractivity contribution in [1.82, 2.24) is 19.9 Å². The molecule has 9 nitrogen and oxygen atoms in total. The largest absolute Gasteiger partial charge is 0.761 e. The van der Waals surface area contributed by atoms with E-state index in [2.05, 4.69) is 26.7 Å². The zero-order valence-electron chi connectivity index (χ0n) is 18.3. The average molecular weight is 433 g/mol. The third kappa shape index (κ3) is 3.96. The molecule has 1 N–H and O–H groups in total. The highest BCUT2D eigenvalue weighted by molar-refractivity contribution is 5.64. The number of hydrogen-bond acceptors (Lipinski definition) is 9. The van der Waals surface area contributed by atoms with Gasteiger partial charge in [-0.05, 0) is 44.5 Å². The predicted octanol–water partition coefficient (Wildman–Crippen LogP) is 2.94. The smallest absolute Gasteiger partial charge is 0.161 e. The van der Waals surface area contributed by atoms with E-state index in [1.807, 2.05) is 30.6 Å². The Kier molecular flexibility index (Phi) is 5.59. The van der Waals surface area contributed by atoms with E-state index >= 15 is 0 Å². The summed E-state index contributed by atoms with van der Waals surface area (Å²) in [4.78, 5) is 23.2. The molecule has 0 aliphatic carbocycles. The Morgan fingerprint density at radius 1 is 1.12 bits per heavy atom. The Hall–Kier alpha value is -3.30.